The van der Waals surface area contributed by atoms with Gasteiger partial charge in [-0.2, -0.15) is 4.68 Å². The first-order valence-electron chi connectivity index (χ1n) is 6.22. The molecule has 1 aliphatic carbocycles. The number of carboxylic acids is 1. The molecular weight excluding hydrogens is 314 g/mol. The van der Waals surface area contributed by atoms with Crippen LogP contribution in [0.25, 0.3) is 10.2 Å². The number of amides is 1. The second-order valence-corrected chi connectivity index (χ2v) is 6.29. The summed E-state index contributed by atoms with van der Waals surface area (Å²) >= 11 is 6.02. The number of fused-ring (bicyclic) bond motifs is 1. The molecule has 110 valence electrons. The molecule has 2 aromatic rings. The molecule has 0 atom stereocenters. The van der Waals surface area contributed by atoms with Crippen LogP contribution in [0.1, 0.15) is 28.1 Å². The van der Waals surface area contributed by atoms with Gasteiger partial charge in [-0.25, -0.2) is 4.79 Å². The molecule has 2 aromatic heterocycles. The summed E-state index contributed by atoms with van der Waals surface area (Å²) in [7, 11) is 0. The quantitative estimate of drug-likeness (QED) is 0.744. The van der Waals surface area contributed by atoms with Crippen molar-refractivity contribution in [2.45, 2.75) is 19.8 Å². The lowest BCUT2D eigenvalue weighted by molar-refractivity contribution is -0.118. The highest BCUT2D eigenvalue weighted by Gasteiger charge is 2.30. The SMILES string of the molecule is Cc1c(C(=O)O)sc2[nH]c(=S)n(NC(=O)C3CC3)c(=O)c12. The van der Waals surface area contributed by atoms with Crippen molar-refractivity contribution in [1.29, 1.82) is 0 Å². The Morgan fingerprint density at radius 1 is 1.48 bits per heavy atom. The first-order chi connectivity index (χ1) is 9.90. The molecule has 0 aliphatic heterocycles. The predicted octanol–water partition coefficient (Wildman–Crippen LogP) is 1.61. The van der Waals surface area contributed by atoms with Gasteiger partial charge in [-0.15, -0.1) is 11.3 Å². The highest BCUT2D eigenvalue weighted by molar-refractivity contribution is 7.71. The number of nitrogens with zero attached hydrogens (tertiary/aromatic N) is 1. The second-order valence-electron chi connectivity index (χ2n) is 4.89. The number of nitrogens with one attached hydrogen (secondary N) is 2. The highest BCUT2D eigenvalue weighted by atomic mass is 32.1. The van der Waals surface area contributed by atoms with Gasteiger partial charge in [0.2, 0.25) is 10.7 Å². The summed E-state index contributed by atoms with van der Waals surface area (Å²) in [4.78, 5) is 38.7. The number of rotatable bonds is 3. The van der Waals surface area contributed by atoms with Crippen molar-refractivity contribution in [1.82, 2.24) is 9.66 Å². The van der Waals surface area contributed by atoms with Crippen LogP contribution in [-0.2, 0) is 4.79 Å². The zero-order valence-corrected chi connectivity index (χ0v) is 12.6. The molecule has 0 spiro atoms. The van der Waals surface area contributed by atoms with Gasteiger partial charge >= 0.3 is 5.97 Å². The van der Waals surface area contributed by atoms with Crippen LogP contribution >= 0.6 is 23.6 Å². The minimum absolute atomic E-state index is 0.0414. The van der Waals surface area contributed by atoms with Crippen molar-refractivity contribution in [3.05, 3.63) is 25.6 Å². The number of aryl methyl sites for hydroxylation is 1. The van der Waals surface area contributed by atoms with Crippen LogP contribution in [0.4, 0.5) is 0 Å². The Bertz CT molecular complexity index is 888. The van der Waals surface area contributed by atoms with E-state index in [4.69, 9.17) is 17.3 Å². The first-order valence-corrected chi connectivity index (χ1v) is 7.45. The van der Waals surface area contributed by atoms with E-state index in [0.29, 0.717) is 10.4 Å². The van der Waals surface area contributed by atoms with E-state index in [2.05, 4.69) is 10.4 Å². The van der Waals surface area contributed by atoms with Crippen molar-refractivity contribution < 1.29 is 14.7 Å². The van der Waals surface area contributed by atoms with E-state index in [1.54, 1.807) is 6.92 Å². The Hall–Kier alpha value is -2.00. The molecule has 3 rings (SSSR count). The third-order valence-corrected chi connectivity index (χ3v) is 4.83. The Balaban J connectivity index is 2.20. The van der Waals surface area contributed by atoms with E-state index in [-0.39, 0.29) is 26.9 Å². The van der Waals surface area contributed by atoms with Crippen LogP contribution in [0.3, 0.4) is 0 Å². The van der Waals surface area contributed by atoms with Crippen molar-refractivity contribution in [2.24, 2.45) is 5.92 Å². The topological polar surface area (TPSA) is 104 Å². The first kappa shape index (κ1) is 14.0. The van der Waals surface area contributed by atoms with E-state index in [0.717, 1.165) is 28.9 Å². The maximum Gasteiger partial charge on any atom is 0.346 e. The van der Waals surface area contributed by atoms with Gasteiger partial charge in [-0.05, 0) is 37.5 Å². The maximum absolute atomic E-state index is 12.5. The summed E-state index contributed by atoms with van der Waals surface area (Å²) in [6.07, 6.45) is 1.61. The number of hydrogen-bond donors (Lipinski definition) is 3. The van der Waals surface area contributed by atoms with Gasteiger partial charge in [0.05, 0.1) is 5.39 Å². The van der Waals surface area contributed by atoms with Crippen LogP contribution in [0.15, 0.2) is 4.79 Å². The van der Waals surface area contributed by atoms with Gasteiger partial charge in [-0.3, -0.25) is 15.0 Å². The van der Waals surface area contributed by atoms with Crippen LogP contribution < -0.4 is 11.0 Å². The summed E-state index contributed by atoms with van der Waals surface area (Å²) in [6, 6.07) is 0. The van der Waals surface area contributed by atoms with Crippen molar-refractivity contribution in [3.63, 3.8) is 0 Å². The second kappa shape index (κ2) is 4.78. The number of carbonyl (C=O) groups is 2. The fraction of sp³-hybridized carbons (Fsp3) is 0.333. The largest absolute Gasteiger partial charge is 0.477 e. The van der Waals surface area contributed by atoms with Gasteiger partial charge < -0.3 is 10.1 Å². The van der Waals surface area contributed by atoms with Gasteiger partial charge in [0, 0.05) is 5.92 Å². The molecule has 21 heavy (non-hydrogen) atoms. The molecule has 3 N–H and O–H groups in total. The fourth-order valence-electron chi connectivity index (χ4n) is 2.07. The summed E-state index contributed by atoms with van der Waals surface area (Å²) in [6.45, 7) is 1.56. The van der Waals surface area contributed by atoms with Crippen molar-refractivity contribution in [2.75, 3.05) is 5.43 Å². The average molecular weight is 325 g/mol. The number of carbonyl (C=O) groups excluding carboxylic acids is 1. The number of aromatic nitrogens is 2. The number of aromatic amines is 1. The number of hydrogen-bond acceptors (Lipinski definition) is 5. The van der Waals surface area contributed by atoms with Gasteiger partial charge in [0.1, 0.15) is 9.71 Å². The van der Waals surface area contributed by atoms with Gasteiger partial charge in [-0.1, -0.05) is 0 Å². The predicted molar refractivity (Wildman–Crippen MR) is 80.1 cm³/mol. The van der Waals surface area contributed by atoms with Crippen molar-refractivity contribution in [3.8, 4) is 0 Å². The Morgan fingerprint density at radius 3 is 2.71 bits per heavy atom. The molecule has 7 nitrogen and oxygen atoms in total. The summed E-state index contributed by atoms with van der Waals surface area (Å²) < 4.78 is 1.02. The Kier molecular flexibility index (Phi) is 3.18. The molecule has 1 fully saturated rings. The smallest absolute Gasteiger partial charge is 0.346 e. The average Bonchev–Trinajstić information content (AvgIpc) is 3.19. The Labute approximate surface area is 127 Å². The molecular formula is C12H11N3O4S2. The number of thiophene rings is 1. The van der Waals surface area contributed by atoms with Crippen LogP contribution in [0.5, 0.6) is 0 Å². The van der Waals surface area contributed by atoms with Crippen LogP contribution in [-0.4, -0.2) is 26.6 Å². The van der Waals surface area contributed by atoms with E-state index < -0.39 is 11.5 Å². The molecule has 9 heteroatoms. The third kappa shape index (κ3) is 2.28. The maximum atomic E-state index is 12.5. The summed E-state index contributed by atoms with van der Waals surface area (Å²) in [5.74, 6) is -1.41. The lowest BCUT2D eigenvalue weighted by atomic mass is 10.2. The molecule has 1 amide bonds. The third-order valence-electron chi connectivity index (χ3n) is 3.35. The molecule has 0 bridgehead atoms. The molecule has 0 saturated heterocycles. The van der Waals surface area contributed by atoms with Crippen LogP contribution in [0.2, 0.25) is 0 Å². The number of aromatic carboxylic acids is 1. The molecule has 0 radical (unpaired) electrons. The minimum atomic E-state index is -1.10. The van der Waals surface area contributed by atoms with E-state index >= 15 is 0 Å². The zero-order chi connectivity index (χ0) is 15.3. The van der Waals surface area contributed by atoms with E-state index in [9.17, 15) is 14.4 Å². The van der Waals surface area contributed by atoms with Crippen molar-refractivity contribution >= 4 is 45.6 Å². The zero-order valence-electron chi connectivity index (χ0n) is 10.9. The minimum Gasteiger partial charge on any atom is -0.477 e. The number of carboxylic acid groups (broad SMARTS) is 1. The van der Waals surface area contributed by atoms with E-state index in [1.807, 2.05) is 0 Å². The molecule has 2 heterocycles. The fourth-order valence-corrected chi connectivity index (χ4v) is 3.40. The van der Waals surface area contributed by atoms with Gasteiger partial charge in [0.25, 0.3) is 5.56 Å². The normalized spacial score (nSPS) is 14.3. The highest BCUT2D eigenvalue weighted by Crippen LogP contribution is 2.29. The van der Waals surface area contributed by atoms with Crippen LogP contribution in [0, 0.1) is 17.6 Å². The lowest BCUT2D eigenvalue weighted by Crippen LogP contribution is -2.35. The van der Waals surface area contributed by atoms with E-state index in [1.165, 1.54) is 0 Å². The lowest BCUT2D eigenvalue weighted by Gasteiger charge is -2.07. The molecule has 0 aromatic carbocycles. The summed E-state index contributed by atoms with van der Waals surface area (Å²) in [5.41, 5.74) is 2.34. The molecule has 0 unspecified atom stereocenters. The molecule has 1 aliphatic rings. The Morgan fingerprint density at radius 2 is 2.14 bits per heavy atom. The number of H-pyrrole nitrogens is 1. The summed E-state index contributed by atoms with van der Waals surface area (Å²) in [5, 5.41) is 9.35. The standard InChI is InChI=1S/C12H11N3O4S2/c1-4-6-9(21-7(4)11(18)19)13-12(20)15(10(6)17)14-8(16)5-2-3-5/h5H,2-3H2,1H3,(H,13,20)(H,14,16)(H,18,19). The van der Waals surface area contributed by atoms with Gasteiger partial charge in [0.15, 0.2) is 0 Å². The molecule has 1 saturated carbocycles. The monoisotopic (exact) mass is 325 g/mol.